The van der Waals surface area contributed by atoms with Crippen molar-refractivity contribution < 1.29 is 0 Å². The molecule has 9 aromatic carbocycles. The molecule has 9 heterocycles. The summed E-state index contributed by atoms with van der Waals surface area (Å²) in [6.07, 6.45) is 20.8. The zero-order valence-corrected chi connectivity index (χ0v) is 62.9. The quantitative estimate of drug-likeness (QED) is 0.0737. The van der Waals surface area contributed by atoms with Gasteiger partial charge in [-0.05, 0) is 220 Å². The maximum atomic E-state index is 5.90. The van der Waals surface area contributed by atoms with Gasteiger partial charge in [-0.15, -0.1) is 0 Å². The van der Waals surface area contributed by atoms with Gasteiger partial charge in [-0.1, -0.05) is 228 Å². The normalized spacial score (nSPS) is 23.2. The highest BCUT2D eigenvalue weighted by Crippen LogP contribution is 2.74. The molecule has 0 radical (unpaired) electrons. The Morgan fingerprint density at radius 3 is 1.60 bits per heavy atom. The smallest absolute Gasteiger partial charge is 0.159 e. The number of aromatic nitrogens is 3. The lowest BCUT2D eigenvalue weighted by Crippen LogP contribution is -2.69. The highest BCUT2D eigenvalue weighted by molar-refractivity contribution is 5.98. The zero-order chi connectivity index (χ0) is 72.2. The van der Waals surface area contributed by atoms with Crippen LogP contribution >= 0.6 is 0 Å². The fraction of sp³-hybridized carbons (Fsp3) is 0.296. The lowest BCUT2D eigenvalue weighted by atomic mass is 9.41. The molecule has 9 heteroatoms. The van der Waals surface area contributed by atoms with Gasteiger partial charge in [-0.2, -0.15) is 0 Å². The van der Waals surface area contributed by atoms with Crippen molar-refractivity contribution in [3.8, 4) is 33.5 Å². The summed E-state index contributed by atoms with van der Waals surface area (Å²) in [4.78, 5) is 32.9. The Bertz CT molecular complexity index is 5330. The van der Waals surface area contributed by atoms with Crippen LogP contribution in [0.25, 0.3) is 33.5 Å². The topological polar surface area (TPSA) is 58.1 Å². The van der Waals surface area contributed by atoms with Crippen molar-refractivity contribution in [3.05, 3.63) is 307 Å². The van der Waals surface area contributed by atoms with Crippen LogP contribution in [-0.4, -0.2) is 33.4 Å². The maximum absolute atomic E-state index is 5.90. The predicted molar refractivity (Wildman–Crippen MR) is 443 cm³/mol. The molecule has 0 spiro atoms. The second kappa shape index (κ2) is 26.6. The molecular formula is C98H97N9. The fourth-order valence-corrected chi connectivity index (χ4v) is 22.3. The van der Waals surface area contributed by atoms with Crippen LogP contribution in [-0.2, 0) is 16.2 Å². The van der Waals surface area contributed by atoms with Crippen LogP contribution in [0.1, 0.15) is 150 Å². The molecule has 7 aliphatic rings. The van der Waals surface area contributed by atoms with Crippen LogP contribution < -0.4 is 29.4 Å². The molecule has 0 saturated heterocycles. The first-order chi connectivity index (χ1) is 52.6. The molecular weight excluding hydrogens is 1300 g/mol. The molecule has 8 atom stereocenters. The minimum Gasteiger partial charge on any atom is -0.317 e. The second-order valence-corrected chi connectivity index (χ2v) is 32.0. The predicted octanol–water partition coefficient (Wildman–Crippen LogP) is 25.3. The maximum Gasteiger partial charge on any atom is 0.159 e. The molecule has 107 heavy (non-hydrogen) atoms. The summed E-state index contributed by atoms with van der Waals surface area (Å²) in [7, 11) is 0. The van der Waals surface area contributed by atoms with Crippen LogP contribution in [0.3, 0.4) is 0 Å². The van der Waals surface area contributed by atoms with E-state index in [1.165, 1.54) is 107 Å². The van der Waals surface area contributed by atoms with Crippen molar-refractivity contribution in [1.82, 2.24) is 15.0 Å². The van der Waals surface area contributed by atoms with E-state index in [1.807, 2.05) is 0 Å². The van der Waals surface area contributed by atoms with Gasteiger partial charge >= 0.3 is 0 Å². The van der Waals surface area contributed by atoms with E-state index in [0.29, 0.717) is 0 Å². The molecule has 534 valence electrons. The van der Waals surface area contributed by atoms with E-state index in [0.717, 1.165) is 125 Å². The lowest BCUT2D eigenvalue weighted by Gasteiger charge is -2.68. The first-order valence-corrected chi connectivity index (χ1v) is 40.0. The number of rotatable bonds is 19. The SMILES string of the molecule is CCC1C2N(c3ccccc3C1(CC)CCCCC13CCC1(CCCCC1(CC)CCC4N(c5ccccc5)c5cc(-c6ccccc6C)cnc5N4c4ccccc41)C1N(c4ccccc4)c4ccc(-c5ccccc5C)nc4N1c1ccccc13)c1nccc(-c3ccccc3C)c1N2c1ccccc1. The molecule has 12 aromatic rings. The Morgan fingerprint density at radius 2 is 0.953 bits per heavy atom. The summed E-state index contributed by atoms with van der Waals surface area (Å²) in [5, 5.41) is 0. The zero-order valence-electron chi connectivity index (χ0n) is 62.9. The van der Waals surface area contributed by atoms with Crippen molar-refractivity contribution in [3.63, 3.8) is 0 Å². The number of anilines is 12. The molecule has 6 aliphatic heterocycles. The Hall–Kier alpha value is -10.8. The number of benzene rings is 9. The molecule has 1 saturated carbocycles. The van der Waals surface area contributed by atoms with E-state index in [-0.39, 0.29) is 46.1 Å². The van der Waals surface area contributed by atoms with E-state index in [9.17, 15) is 0 Å². The molecule has 9 nitrogen and oxygen atoms in total. The number of hydrogen-bond donors (Lipinski definition) is 0. The number of para-hydroxylation sites is 6. The van der Waals surface area contributed by atoms with Gasteiger partial charge in [0.25, 0.3) is 0 Å². The Labute approximate surface area is 633 Å². The number of hydrogen-bond acceptors (Lipinski definition) is 9. The van der Waals surface area contributed by atoms with Crippen molar-refractivity contribution in [1.29, 1.82) is 0 Å². The van der Waals surface area contributed by atoms with Gasteiger partial charge in [0.1, 0.15) is 18.5 Å². The Balaban J connectivity index is 0.692. The third-order valence-corrected chi connectivity index (χ3v) is 27.3. The highest BCUT2D eigenvalue weighted by atomic mass is 15.5. The third kappa shape index (κ3) is 10.2. The number of fused-ring (bicyclic) bond motifs is 18. The van der Waals surface area contributed by atoms with Crippen LogP contribution in [0.4, 0.5) is 68.6 Å². The third-order valence-electron chi connectivity index (χ3n) is 27.3. The average molecular weight is 1400 g/mol. The summed E-state index contributed by atoms with van der Waals surface area (Å²) >= 11 is 0. The van der Waals surface area contributed by atoms with E-state index in [1.54, 1.807) is 0 Å². The van der Waals surface area contributed by atoms with E-state index >= 15 is 0 Å². The summed E-state index contributed by atoms with van der Waals surface area (Å²) in [6, 6.07) is 98.3. The number of pyridine rings is 3. The summed E-state index contributed by atoms with van der Waals surface area (Å²) < 4.78 is 0. The number of nitrogens with zero attached hydrogens (tertiary/aromatic N) is 9. The van der Waals surface area contributed by atoms with Gasteiger partial charge < -0.3 is 29.4 Å². The second-order valence-electron chi connectivity index (χ2n) is 32.0. The molecule has 8 unspecified atom stereocenters. The molecule has 1 fully saturated rings. The van der Waals surface area contributed by atoms with Crippen LogP contribution in [0.2, 0.25) is 0 Å². The van der Waals surface area contributed by atoms with Gasteiger partial charge in [0.2, 0.25) is 0 Å². The van der Waals surface area contributed by atoms with E-state index < -0.39 is 0 Å². The minimum absolute atomic E-state index is 0.00532. The lowest BCUT2D eigenvalue weighted by molar-refractivity contribution is -0.0563. The molecule has 1 aliphatic carbocycles. The van der Waals surface area contributed by atoms with Crippen LogP contribution in [0, 0.1) is 32.1 Å². The van der Waals surface area contributed by atoms with Crippen LogP contribution in [0.15, 0.2) is 273 Å². The Kier molecular flexibility index (Phi) is 16.6. The van der Waals surface area contributed by atoms with Crippen molar-refractivity contribution in [2.45, 2.75) is 173 Å². The molecule has 3 aromatic heterocycles. The molecule has 0 N–H and O–H groups in total. The Morgan fingerprint density at radius 1 is 0.393 bits per heavy atom. The van der Waals surface area contributed by atoms with Gasteiger partial charge in [-0.25, -0.2) is 15.0 Å². The van der Waals surface area contributed by atoms with Gasteiger partial charge in [0.05, 0.1) is 22.8 Å². The molecule has 0 amide bonds. The first-order valence-electron chi connectivity index (χ1n) is 40.0. The van der Waals surface area contributed by atoms with E-state index in [4.69, 9.17) is 15.0 Å². The first kappa shape index (κ1) is 66.9. The van der Waals surface area contributed by atoms with Crippen molar-refractivity contribution in [2.24, 2.45) is 11.3 Å². The average Bonchev–Trinajstić information content (AvgIpc) is 1.47. The van der Waals surface area contributed by atoms with Gasteiger partial charge in [-0.3, -0.25) is 0 Å². The minimum atomic E-state index is -0.132. The largest absolute Gasteiger partial charge is 0.317 e. The van der Waals surface area contributed by atoms with Gasteiger partial charge in [0, 0.05) is 85.4 Å². The number of aryl methyl sites for hydroxylation is 3. The molecule has 0 bridgehead atoms. The van der Waals surface area contributed by atoms with Gasteiger partial charge in [0.15, 0.2) is 17.5 Å². The fourth-order valence-electron chi connectivity index (χ4n) is 22.3. The molecule has 19 rings (SSSR count). The van der Waals surface area contributed by atoms with Crippen LogP contribution in [0.5, 0.6) is 0 Å². The summed E-state index contributed by atoms with van der Waals surface area (Å²) in [6.45, 7) is 14.2. The monoisotopic (exact) mass is 1400 g/mol. The summed E-state index contributed by atoms with van der Waals surface area (Å²) in [5.74, 6) is 3.46. The van der Waals surface area contributed by atoms with Crippen molar-refractivity contribution >= 4 is 68.6 Å². The number of unbranched alkanes of at least 4 members (excludes halogenated alkanes) is 2. The van der Waals surface area contributed by atoms with E-state index in [2.05, 4.69) is 344 Å². The summed E-state index contributed by atoms with van der Waals surface area (Å²) in [5.41, 5.74) is 26.1. The highest BCUT2D eigenvalue weighted by Gasteiger charge is 2.70. The standard InChI is InChI=1S/C98H97N9/c1-7-78-93-104(73-42-17-12-18-43-73)89-77(75-45-23-20-36-68(75)5)56-64-99-92(89)106(93)84-51-29-26-48-80(84)96(78,9-3)58-32-34-59-97-62-63-98(97,94-103(72-40-15-11-16-41-72)86-54-53-82(76-46-24-21-37-69(76)6)101-91(86)107(94)85-52-30-27-49-81(85)97)60-33-31-57-95(8-2)61-55-88-102(71-38-13-10-14-39-71)87-65-70(74-44-22-19-35-67(74)4)66-100-90(87)105(88)83-50-28-25-47-79(83)95/h10-30,35-54,56,64-66,78,88,93-94H,7-9,31-34,55,57-63H2,1-6H3. The van der Waals surface area contributed by atoms with Crippen molar-refractivity contribution in [2.75, 3.05) is 29.4 Å².